The van der Waals surface area contributed by atoms with Crippen LogP contribution in [0.3, 0.4) is 0 Å². The molecule has 1 aliphatic rings. The molecule has 0 aromatic heterocycles. The number of aryl methyl sites for hydroxylation is 2. The number of halogens is 4. The number of benzene rings is 2. The van der Waals surface area contributed by atoms with Crippen LogP contribution in [0, 0.1) is 26.7 Å². The van der Waals surface area contributed by atoms with Gasteiger partial charge in [-0.1, -0.05) is 35.9 Å². The van der Waals surface area contributed by atoms with Gasteiger partial charge >= 0.3 is 12.1 Å². The van der Waals surface area contributed by atoms with E-state index in [-0.39, 0.29) is 17.9 Å². The predicted octanol–water partition coefficient (Wildman–Crippen LogP) is 6.06. The lowest BCUT2D eigenvalue weighted by Gasteiger charge is -2.25. The third-order valence-electron chi connectivity index (χ3n) is 6.35. The van der Waals surface area contributed by atoms with Gasteiger partial charge in [-0.2, -0.15) is 13.2 Å². The molecule has 1 aliphatic heterocycles. The molecule has 1 N–H and O–H groups in total. The molecule has 3 nitrogen and oxygen atoms in total. The number of hydrogen-bond donors (Lipinski definition) is 1. The summed E-state index contributed by atoms with van der Waals surface area (Å²) in [6, 6.07) is 8.13. The molecule has 2 aromatic carbocycles. The maximum absolute atomic E-state index is 14.0. The molecule has 0 unspecified atom stereocenters. The van der Waals surface area contributed by atoms with E-state index >= 15 is 0 Å². The first-order valence-electron chi connectivity index (χ1n) is 10.3. The Balaban J connectivity index is 1.88. The van der Waals surface area contributed by atoms with Crippen molar-refractivity contribution in [1.82, 2.24) is 4.90 Å². The number of hydrogen-bond acceptors (Lipinski definition) is 2. The molecule has 168 valence electrons. The second-order valence-electron chi connectivity index (χ2n) is 8.51. The fourth-order valence-electron chi connectivity index (χ4n) is 4.33. The molecule has 0 amide bonds. The smallest absolute Gasteiger partial charge is 0.396 e. The van der Waals surface area contributed by atoms with Crippen LogP contribution in [0.5, 0.6) is 0 Å². The van der Waals surface area contributed by atoms with E-state index in [0.717, 1.165) is 16.7 Å². The van der Waals surface area contributed by atoms with Crippen LogP contribution < -0.4 is 0 Å². The number of carbonyl (C=O) groups is 1. The molecule has 0 radical (unpaired) electrons. The molecule has 2 atom stereocenters. The highest BCUT2D eigenvalue weighted by atomic mass is 35.5. The summed E-state index contributed by atoms with van der Waals surface area (Å²) in [6.45, 7) is 7.20. The van der Waals surface area contributed by atoms with Crippen LogP contribution in [0.1, 0.15) is 45.7 Å². The zero-order valence-electron chi connectivity index (χ0n) is 17.9. The van der Waals surface area contributed by atoms with Gasteiger partial charge in [0.25, 0.3) is 0 Å². The van der Waals surface area contributed by atoms with Crippen LogP contribution in [-0.4, -0.2) is 35.2 Å². The highest BCUT2D eigenvalue weighted by molar-refractivity contribution is 6.31. The predicted molar refractivity (Wildman–Crippen MR) is 116 cm³/mol. The number of rotatable bonds is 6. The normalized spacial score (nSPS) is 18.4. The van der Waals surface area contributed by atoms with Gasteiger partial charge in [0, 0.05) is 18.1 Å². The molecule has 1 saturated heterocycles. The summed E-state index contributed by atoms with van der Waals surface area (Å²) >= 11 is 6.01. The van der Waals surface area contributed by atoms with E-state index < -0.39 is 18.1 Å². The Labute approximate surface area is 185 Å². The highest BCUT2D eigenvalue weighted by Crippen LogP contribution is 2.39. The van der Waals surface area contributed by atoms with Gasteiger partial charge in [-0.3, -0.25) is 9.69 Å². The first-order valence-corrected chi connectivity index (χ1v) is 10.7. The van der Waals surface area contributed by atoms with Crippen LogP contribution >= 0.6 is 11.6 Å². The third-order valence-corrected chi connectivity index (χ3v) is 6.78. The van der Waals surface area contributed by atoms with Crippen molar-refractivity contribution in [1.29, 1.82) is 0 Å². The Kier molecular flexibility index (Phi) is 7.01. The summed E-state index contributed by atoms with van der Waals surface area (Å²) in [7, 11) is 0. The molecule has 1 fully saturated rings. The largest absolute Gasteiger partial charge is 0.481 e. The maximum Gasteiger partial charge on any atom is 0.396 e. The number of aliphatic carboxylic acids is 1. The molecule has 0 saturated carbocycles. The summed E-state index contributed by atoms with van der Waals surface area (Å²) in [5.74, 6) is -2.80. The Hall–Kier alpha value is -2.05. The summed E-state index contributed by atoms with van der Waals surface area (Å²) in [4.78, 5) is 13.3. The zero-order chi connectivity index (χ0) is 22.9. The maximum atomic E-state index is 14.0. The SMILES string of the molecule is Cc1cc([C@H](Cc2ccc(C)c(CN3CC[C@@H](C(=O)O)C3)c2C)C(F)(F)F)ccc1Cl. The topological polar surface area (TPSA) is 40.5 Å². The number of carboxylic acid groups (broad SMARTS) is 1. The molecule has 31 heavy (non-hydrogen) atoms. The summed E-state index contributed by atoms with van der Waals surface area (Å²) in [5, 5.41) is 9.68. The average molecular weight is 454 g/mol. The van der Waals surface area contributed by atoms with Crippen molar-refractivity contribution < 1.29 is 23.1 Å². The minimum absolute atomic E-state index is 0.151. The molecular weight excluding hydrogens is 427 g/mol. The fourth-order valence-corrected chi connectivity index (χ4v) is 4.45. The van der Waals surface area contributed by atoms with E-state index in [2.05, 4.69) is 4.90 Å². The second kappa shape index (κ2) is 9.21. The first kappa shape index (κ1) is 23.6. The van der Waals surface area contributed by atoms with Crippen LogP contribution in [0.2, 0.25) is 5.02 Å². The lowest BCUT2D eigenvalue weighted by Crippen LogP contribution is -2.25. The van der Waals surface area contributed by atoms with Crippen molar-refractivity contribution in [3.63, 3.8) is 0 Å². The Morgan fingerprint density at radius 2 is 1.90 bits per heavy atom. The molecule has 0 bridgehead atoms. The number of alkyl halides is 3. The molecule has 1 heterocycles. The Morgan fingerprint density at radius 3 is 2.48 bits per heavy atom. The van der Waals surface area contributed by atoms with E-state index in [9.17, 15) is 23.1 Å². The molecule has 2 aromatic rings. The summed E-state index contributed by atoms with van der Waals surface area (Å²) < 4.78 is 42.0. The van der Waals surface area contributed by atoms with Crippen molar-refractivity contribution in [3.8, 4) is 0 Å². The Morgan fingerprint density at radius 1 is 1.19 bits per heavy atom. The van der Waals surface area contributed by atoms with Gasteiger partial charge in [-0.15, -0.1) is 0 Å². The van der Waals surface area contributed by atoms with E-state index in [1.54, 1.807) is 13.0 Å². The van der Waals surface area contributed by atoms with Gasteiger partial charge in [0.05, 0.1) is 11.8 Å². The minimum Gasteiger partial charge on any atom is -0.481 e. The Bertz CT molecular complexity index is 974. The quantitative estimate of drug-likeness (QED) is 0.578. The van der Waals surface area contributed by atoms with Crippen molar-refractivity contribution >= 4 is 17.6 Å². The summed E-state index contributed by atoms with van der Waals surface area (Å²) in [5.41, 5.74) is 4.32. The third kappa shape index (κ3) is 5.42. The minimum atomic E-state index is -4.39. The van der Waals surface area contributed by atoms with Gasteiger partial charge in [0.2, 0.25) is 0 Å². The number of nitrogens with zero attached hydrogens (tertiary/aromatic N) is 1. The van der Waals surface area contributed by atoms with Crippen molar-refractivity contribution in [2.45, 2.75) is 52.3 Å². The molecule has 0 spiro atoms. The zero-order valence-corrected chi connectivity index (χ0v) is 18.6. The van der Waals surface area contributed by atoms with Crippen molar-refractivity contribution in [2.75, 3.05) is 13.1 Å². The first-order chi connectivity index (χ1) is 14.5. The van der Waals surface area contributed by atoms with Crippen LogP contribution in [0.4, 0.5) is 13.2 Å². The highest BCUT2D eigenvalue weighted by Gasteiger charge is 2.41. The average Bonchev–Trinajstić information content (AvgIpc) is 3.15. The van der Waals surface area contributed by atoms with Gasteiger partial charge in [0.15, 0.2) is 0 Å². The number of carboxylic acids is 1. The lowest BCUT2D eigenvalue weighted by molar-refractivity contribution is -0.150. The lowest BCUT2D eigenvalue weighted by atomic mass is 9.86. The number of likely N-dealkylation sites (tertiary alicyclic amines) is 1. The van der Waals surface area contributed by atoms with Gasteiger partial charge in [-0.05, 0) is 79.6 Å². The molecule has 7 heteroatoms. The van der Waals surface area contributed by atoms with E-state index in [0.29, 0.717) is 42.2 Å². The van der Waals surface area contributed by atoms with Crippen LogP contribution in [0.15, 0.2) is 30.3 Å². The standard InChI is InChI=1S/C24H27ClF3NO2/c1-14-4-5-17(16(3)20(14)13-29-9-8-19(12-29)23(30)31)11-21(24(26,27)28)18-6-7-22(25)15(2)10-18/h4-7,10,19,21H,8-9,11-13H2,1-3H3,(H,30,31)/t19-,21+/m1/s1. The monoisotopic (exact) mass is 453 g/mol. The van der Waals surface area contributed by atoms with Gasteiger partial charge in [-0.25, -0.2) is 0 Å². The second-order valence-corrected chi connectivity index (χ2v) is 8.92. The van der Waals surface area contributed by atoms with Gasteiger partial charge < -0.3 is 5.11 Å². The fraction of sp³-hybridized carbons (Fsp3) is 0.458. The van der Waals surface area contributed by atoms with Crippen LogP contribution in [0.25, 0.3) is 0 Å². The molecule has 3 rings (SSSR count). The molecule has 0 aliphatic carbocycles. The van der Waals surface area contributed by atoms with Crippen molar-refractivity contribution in [3.05, 3.63) is 68.7 Å². The van der Waals surface area contributed by atoms with Gasteiger partial charge in [0.1, 0.15) is 0 Å². The molecular formula is C24H27ClF3NO2. The van der Waals surface area contributed by atoms with E-state index in [1.165, 1.54) is 18.2 Å². The van der Waals surface area contributed by atoms with E-state index in [4.69, 9.17) is 11.6 Å². The summed E-state index contributed by atoms with van der Waals surface area (Å²) in [6.07, 6.45) is -3.94. The van der Waals surface area contributed by atoms with Crippen LogP contribution in [-0.2, 0) is 17.8 Å². The van der Waals surface area contributed by atoms with E-state index in [1.807, 2.05) is 19.9 Å². The van der Waals surface area contributed by atoms with Crippen molar-refractivity contribution in [2.24, 2.45) is 5.92 Å².